The number of hydrogen-bond acceptors (Lipinski definition) is 3. The van der Waals surface area contributed by atoms with Crippen LogP contribution in [0.3, 0.4) is 0 Å². The molecule has 2 aromatic rings. The zero-order chi connectivity index (χ0) is 17.6. The van der Waals surface area contributed by atoms with Crippen molar-refractivity contribution in [1.82, 2.24) is 4.72 Å². The number of hydrogen-bond donors (Lipinski definition) is 2. The molecule has 1 amide bonds. The highest BCUT2D eigenvalue weighted by Crippen LogP contribution is 2.14. The van der Waals surface area contributed by atoms with E-state index in [-0.39, 0.29) is 23.8 Å². The lowest BCUT2D eigenvalue weighted by Crippen LogP contribution is -2.27. The summed E-state index contributed by atoms with van der Waals surface area (Å²) >= 11 is 5.74. The molecule has 7 heteroatoms. The molecule has 2 N–H and O–H groups in total. The van der Waals surface area contributed by atoms with Gasteiger partial charge in [0.1, 0.15) is 0 Å². The zero-order valence-corrected chi connectivity index (χ0v) is 14.8. The first-order valence-corrected chi connectivity index (χ1v) is 9.41. The van der Waals surface area contributed by atoms with Gasteiger partial charge in [-0.25, -0.2) is 13.1 Å². The molecule has 0 aromatic heterocycles. The topological polar surface area (TPSA) is 75.3 Å². The van der Waals surface area contributed by atoms with E-state index in [1.165, 1.54) is 29.8 Å². The van der Waals surface area contributed by atoms with E-state index in [4.69, 9.17) is 11.6 Å². The maximum Gasteiger partial charge on any atom is 0.240 e. The molecule has 0 saturated heterocycles. The van der Waals surface area contributed by atoms with E-state index in [0.29, 0.717) is 10.7 Å². The molecule has 2 aromatic carbocycles. The maximum absolute atomic E-state index is 12.1. The van der Waals surface area contributed by atoms with Gasteiger partial charge in [0.2, 0.25) is 15.9 Å². The van der Waals surface area contributed by atoms with Gasteiger partial charge >= 0.3 is 0 Å². The molecule has 0 atom stereocenters. The van der Waals surface area contributed by atoms with Gasteiger partial charge in [-0.05, 0) is 48.4 Å². The predicted molar refractivity (Wildman–Crippen MR) is 95.7 cm³/mol. The molecule has 0 bridgehead atoms. The number of carbonyl (C=O) groups is 1. The van der Waals surface area contributed by atoms with Crippen molar-refractivity contribution in [2.24, 2.45) is 0 Å². The van der Waals surface area contributed by atoms with Gasteiger partial charge in [-0.15, -0.1) is 0 Å². The fourth-order valence-corrected chi connectivity index (χ4v) is 3.20. The Morgan fingerprint density at radius 3 is 2.25 bits per heavy atom. The summed E-state index contributed by atoms with van der Waals surface area (Å²) in [6.45, 7) is 2.07. The summed E-state index contributed by atoms with van der Waals surface area (Å²) in [5, 5.41) is 3.20. The second kappa shape index (κ2) is 8.28. The molecule has 2 rings (SSSR count). The Kier molecular flexibility index (Phi) is 6.36. The van der Waals surface area contributed by atoms with Crippen molar-refractivity contribution < 1.29 is 13.2 Å². The lowest BCUT2D eigenvalue weighted by Gasteiger charge is -2.08. The monoisotopic (exact) mass is 366 g/mol. The van der Waals surface area contributed by atoms with Crippen molar-refractivity contribution in [2.45, 2.75) is 24.7 Å². The van der Waals surface area contributed by atoms with Crippen molar-refractivity contribution in [3.63, 3.8) is 0 Å². The lowest BCUT2D eigenvalue weighted by atomic mass is 10.1. The third-order valence-corrected chi connectivity index (χ3v) is 5.14. The maximum atomic E-state index is 12.1. The molecule has 0 radical (unpaired) electrons. The van der Waals surface area contributed by atoms with Crippen LogP contribution in [0.4, 0.5) is 5.69 Å². The van der Waals surface area contributed by atoms with E-state index >= 15 is 0 Å². The molecule has 0 aliphatic carbocycles. The SMILES string of the molecule is CCc1ccc(NC(=O)CCNS(=O)(=O)c2ccc(Cl)cc2)cc1. The Labute approximate surface area is 147 Å². The zero-order valence-electron chi connectivity index (χ0n) is 13.3. The highest BCUT2D eigenvalue weighted by Gasteiger charge is 2.14. The predicted octanol–water partition coefficient (Wildman–Crippen LogP) is 3.21. The summed E-state index contributed by atoms with van der Waals surface area (Å²) in [6.07, 6.45) is 0.975. The summed E-state index contributed by atoms with van der Waals surface area (Å²) < 4.78 is 26.5. The number of anilines is 1. The number of carbonyl (C=O) groups excluding carboxylic acids is 1. The van der Waals surface area contributed by atoms with E-state index in [1.807, 2.05) is 24.3 Å². The van der Waals surface area contributed by atoms with Crippen LogP contribution in [-0.2, 0) is 21.2 Å². The molecule has 0 fully saturated rings. The fourth-order valence-electron chi connectivity index (χ4n) is 2.04. The fraction of sp³-hybridized carbons (Fsp3) is 0.235. The van der Waals surface area contributed by atoms with Crippen LogP contribution in [0.1, 0.15) is 18.9 Å². The van der Waals surface area contributed by atoms with E-state index in [2.05, 4.69) is 17.0 Å². The van der Waals surface area contributed by atoms with E-state index in [1.54, 1.807) is 0 Å². The Morgan fingerprint density at radius 2 is 1.67 bits per heavy atom. The van der Waals surface area contributed by atoms with Crippen LogP contribution in [-0.4, -0.2) is 20.9 Å². The van der Waals surface area contributed by atoms with Crippen LogP contribution in [0.5, 0.6) is 0 Å². The number of amides is 1. The van der Waals surface area contributed by atoms with E-state index in [9.17, 15) is 13.2 Å². The molecule has 0 unspecified atom stereocenters. The first-order valence-electron chi connectivity index (χ1n) is 7.55. The third-order valence-electron chi connectivity index (χ3n) is 3.41. The number of aryl methyl sites for hydroxylation is 1. The van der Waals surface area contributed by atoms with Gasteiger partial charge in [0.25, 0.3) is 0 Å². The molecule has 5 nitrogen and oxygen atoms in total. The van der Waals surface area contributed by atoms with Crippen molar-refractivity contribution in [2.75, 3.05) is 11.9 Å². The summed E-state index contributed by atoms with van der Waals surface area (Å²) in [6, 6.07) is 13.4. The number of rotatable bonds is 7. The first-order chi connectivity index (χ1) is 11.4. The normalized spacial score (nSPS) is 11.2. The lowest BCUT2D eigenvalue weighted by molar-refractivity contribution is -0.116. The summed E-state index contributed by atoms with van der Waals surface area (Å²) in [5.74, 6) is -0.252. The second-order valence-electron chi connectivity index (χ2n) is 5.20. The van der Waals surface area contributed by atoms with Crippen LogP contribution < -0.4 is 10.0 Å². The molecule has 24 heavy (non-hydrogen) atoms. The van der Waals surface area contributed by atoms with Gasteiger partial charge in [-0.2, -0.15) is 0 Å². The van der Waals surface area contributed by atoms with Crippen LogP contribution in [0.2, 0.25) is 5.02 Å². The summed E-state index contributed by atoms with van der Waals surface area (Å²) in [7, 11) is -3.64. The van der Waals surface area contributed by atoms with Gasteiger partial charge < -0.3 is 5.32 Å². The molecule has 128 valence electrons. The van der Waals surface area contributed by atoms with Gasteiger partial charge in [-0.3, -0.25) is 4.79 Å². The number of nitrogens with one attached hydrogen (secondary N) is 2. The number of halogens is 1. The minimum absolute atomic E-state index is 0.0177. The Balaban J connectivity index is 1.84. The molecule has 0 saturated carbocycles. The van der Waals surface area contributed by atoms with Crippen LogP contribution in [0.15, 0.2) is 53.4 Å². The number of benzene rings is 2. The molecule has 0 heterocycles. The minimum atomic E-state index is -3.64. The van der Waals surface area contributed by atoms with Gasteiger partial charge in [-0.1, -0.05) is 30.7 Å². The highest BCUT2D eigenvalue weighted by atomic mass is 35.5. The Morgan fingerprint density at radius 1 is 1.04 bits per heavy atom. The summed E-state index contributed by atoms with van der Waals surface area (Å²) in [4.78, 5) is 12.0. The van der Waals surface area contributed by atoms with Crippen LogP contribution >= 0.6 is 11.6 Å². The average molecular weight is 367 g/mol. The Bertz CT molecular complexity index is 788. The third kappa shape index (κ3) is 5.33. The second-order valence-corrected chi connectivity index (χ2v) is 7.40. The molecular weight excluding hydrogens is 348 g/mol. The standard InChI is InChI=1S/C17H19ClN2O3S/c1-2-13-3-7-15(8-4-13)20-17(21)11-12-19-24(22,23)16-9-5-14(18)6-10-16/h3-10,19H,2,11-12H2,1H3,(H,20,21). The highest BCUT2D eigenvalue weighted by molar-refractivity contribution is 7.89. The van der Waals surface area contributed by atoms with E-state index in [0.717, 1.165) is 6.42 Å². The molecule has 0 aliphatic heterocycles. The molecular formula is C17H19ClN2O3S. The smallest absolute Gasteiger partial charge is 0.240 e. The van der Waals surface area contributed by atoms with Gasteiger partial charge in [0, 0.05) is 23.7 Å². The van der Waals surface area contributed by atoms with Gasteiger partial charge in [0.05, 0.1) is 4.90 Å². The van der Waals surface area contributed by atoms with Crippen molar-refractivity contribution >= 4 is 33.2 Å². The molecule has 0 spiro atoms. The molecule has 0 aliphatic rings. The quantitative estimate of drug-likeness (QED) is 0.790. The first kappa shape index (κ1) is 18.4. The average Bonchev–Trinajstić information content (AvgIpc) is 2.56. The largest absolute Gasteiger partial charge is 0.326 e. The van der Waals surface area contributed by atoms with Crippen LogP contribution in [0, 0.1) is 0 Å². The van der Waals surface area contributed by atoms with Gasteiger partial charge in [0.15, 0.2) is 0 Å². The van der Waals surface area contributed by atoms with Crippen molar-refractivity contribution in [1.29, 1.82) is 0 Å². The summed E-state index contributed by atoms with van der Waals surface area (Å²) in [5.41, 5.74) is 1.88. The van der Waals surface area contributed by atoms with Crippen molar-refractivity contribution in [3.05, 3.63) is 59.1 Å². The number of sulfonamides is 1. The Hall–Kier alpha value is -1.89. The minimum Gasteiger partial charge on any atom is -0.326 e. The van der Waals surface area contributed by atoms with E-state index < -0.39 is 10.0 Å². The van der Waals surface area contributed by atoms with Crippen LogP contribution in [0.25, 0.3) is 0 Å². The van der Waals surface area contributed by atoms with Crippen molar-refractivity contribution in [3.8, 4) is 0 Å².